The highest BCUT2D eigenvalue weighted by atomic mass is 32.1. The maximum absolute atomic E-state index is 5.88. The molecule has 0 fully saturated rings. The van der Waals surface area contributed by atoms with E-state index in [1.807, 2.05) is 13.0 Å². The summed E-state index contributed by atoms with van der Waals surface area (Å²) in [4.78, 5) is 4.72. The topological polar surface area (TPSA) is 67.6 Å². The number of nitrogens with zero attached hydrogens (tertiary/aromatic N) is 2. The van der Waals surface area contributed by atoms with E-state index in [2.05, 4.69) is 36.3 Å². The predicted octanol–water partition coefficient (Wildman–Crippen LogP) is 2.56. The fourth-order valence-corrected chi connectivity index (χ4v) is 2.93. The lowest BCUT2D eigenvalue weighted by Crippen LogP contribution is -2.16. The highest BCUT2D eigenvalue weighted by Crippen LogP contribution is 2.30. The Balaban J connectivity index is 2.31. The molecule has 0 amide bonds. The lowest BCUT2D eigenvalue weighted by molar-refractivity contribution is 0.569. The lowest BCUT2D eigenvalue weighted by atomic mass is 9.93. The van der Waals surface area contributed by atoms with Crippen LogP contribution >= 0.6 is 11.3 Å². The average Bonchev–Trinajstić information content (AvgIpc) is 2.88. The van der Waals surface area contributed by atoms with E-state index >= 15 is 0 Å². The van der Waals surface area contributed by atoms with Crippen molar-refractivity contribution < 1.29 is 0 Å². The van der Waals surface area contributed by atoms with Crippen molar-refractivity contribution in [2.75, 3.05) is 6.54 Å². The second-order valence-corrected chi connectivity index (χ2v) is 6.47. The molecule has 0 aliphatic rings. The van der Waals surface area contributed by atoms with Gasteiger partial charge in [0, 0.05) is 23.0 Å². The number of aryl methyl sites for hydroxylation is 1. The second-order valence-electron chi connectivity index (χ2n) is 5.59. The number of nitrogens with one attached hydrogen (secondary N) is 1. The first kappa shape index (κ1) is 13.2. The molecule has 0 aliphatic carbocycles. The van der Waals surface area contributed by atoms with Crippen LogP contribution in [0.4, 0.5) is 0 Å². The molecule has 0 spiro atoms. The van der Waals surface area contributed by atoms with Crippen molar-refractivity contribution in [2.45, 2.75) is 39.0 Å². The van der Waals surface area contributed by atoms with E-state index < -0.39 is 0 Å². The van der Waals surface area contributed by atoms with E-state index in [0.29, 0.717) is 6.54 Å². The molecule has 0 aliphatic heterocycles. The molecular formula is C13H20N4S. The third-order valence-corrected chi connectivity index (χ3v) is 3.87. The van der Waals surface area contributed by atoms with Gasteiger partial charge >= 0.3 is 0 Å². The zero-order valence-corrected chi connectivity index (χ0v) is 12.1. The Bertz CT molecular complexity index is 521. The Morgan fingerprint density at radius 1 is 1.44 bits per heavy atom. The average molecular weight is 264 g/mol. The molecule has 2 aromatic heterocycles. The highest BCUT2D eigenvalue weighted by molar-refractivity contribution is 7.09. The first-order chi connectivity index (χ1) is 8.41. The van der Waals surface area contributed by atoms with Gasteiger partial charge in [0.25, 0.3) is 0 Å². The smallest absolute Gasteiger partial charge is 0.103 e. The molecule has 0 bridgehead atoms. The first-order valence-corrected chi connectivity index (χ1v) is 6.97. The lowest BCUT2D eigenvalue weighted by Gasteiger charge is -2.15. The van der Waals surface area contributed by atoms with E-state index in [1.165, 1.54) is 0 Å². The van der Waals surface area contributed by atoms with Crippen LogP contribution < -0.4 is 5.73 Å². The predicted molar refractivity (Wildman–Crippen MR) is 75.0 cm³/mol. The highest BCUT2D eigenvalue weighted by Gasteiger charge is 2.23. The standard InChI is InChI=1S/C13H20N4S/c1-8-5-10(17-16-8)9(6-14)12-15-11(7-18-12)13(2,3)4/h5,7,9H,6,14H2,1-4H3,(H,16,17). The van der Waals surface area contributed by atoms with Crippen LogP contribution in [0.5, 0.6) is 0 Å². The zero-order chi connectivity index (χ0) is 13.3. The minimum absolute atomic E-state index is 0.0788. The Morgan fingerprint density at radius 2 is 2.17 bits per heavy atom. The van der Waals surface area contributed by atoms with Crippen LogP contribution in [0.15, 0.2) is 11.4 Å². The maximum Gasteiger partial charge on any atom is 0.103 e. The van der Waals surface area contributed by atoms with Gasteiger partial charge in [0.05, 0.1) is 17.3 Å². The van der Waals surface area contributed by atoms with Gasteiger partial charge in [-0.15, -0.1) is 11.3 Å². The van der Waals surface area contributed by atoms with Crippen LogP contribution in [-0.2, 0) is 5.41 Å². The monoisotopic (exact) mass is 264 g/mol. The third-order valence-electron chi connectivity index (χ3n) is 2.91. The van der Waals surface area contributed by atoms with Gasteiger partial charge in [-0.25, -0.2) is 4.98 Å². The molecular weight excluding hydrogens is 244 g/mol. The Labute approximate surface area is 112 Å². The van der Waals surface area contributed by atoms with Crippen LogP contribution in [0, 0.1) is 6.92 Å². The minimum Gasteiger partial charge on any atom is -0.329 e. The Hall–Kier alpha value is -1.20. The van der Waals surface area contributed by atoms with Crippen molar-refractivity contribution in [2.24, 2.45) is 5.73 Å². The van der Waals surface area contributed by atoms with E-state index in [9.17, 15) is 0 Å². The molecule has 2 rings (SSSR count). The van der Waals surface area contributed by atoms with E-state index in [4.69, 9.17) is 10.7 Å². The van der Waals surface area contributed by atoms with E-state index in [-0.39, 0.29) is 11.3 Å². The number of aromatic nitrogens is 3. The summed E-state index contributed by atoms with van der Waals surface area (Å²) in [6.45, 7) is 9.03. The van der Waals surface area contributed by atoms with Crippen molar-refractivity contribution >= 4 is 11.3 Å². The van der Waals surface area contributed by atoms with Crippen LogP contribution in [0.1, 0.15) is 48.8 Å². The summed E-state index contributed by atoms with van der Waals surface area (Å²) in [6, 6.07) is 2.04. The van der Waals surface area contributed by atoms with Crippen LogP contribution in [0.25, 0.3) is 0 Å². The van der Waals surface area contributed by atoms with E-state index in [0.717, 1.165) is 22.1 Å². The number of rotatable bonds is 3. The zero-order valence-electron chi connectivity index (χ0n) is 11.3. The maximum atomic E-state index is 5.88. The molecule has 2 aromatic rings. The molecule has 3 N–H and O–H groups in total. The SMILES string of the molecule is Cc1cc(C(CN)c2nc(C(C)(C)C)cs2)n[nH]1. The van der Waals surface area contributed by atoms with Crippen LogP contribution in [0.3, 0.4) is 0 Å². The normalized spacial score (nSPS) is 13.8. The van der Waals surface area contributed by atoms with Gasteiger partial charge in [0.15, 0.2) is 0 Å². The van der Waals surface area contributed by atoms with Crippen molar-refractivity contribution in [3.05, 3.63) is 33.5 Å². The summed E-state index contributed by atoms with van der Waals surface area (Å²) in [5.41, 5.74) is 9.10. The van der Waals surface area contributed by atoms with Crippen LogP contribution in [0.2, 0.25) is 0 Å². The van der Waals surface area contributed by atoms with Crippen molar-refractivity contribution in [1.29, 1.82) is 0 Å². The largest absolute Gasteiger partial charge is 0.329 e. The molecule has 0 saturated heterocycles. The molecule has 1 unspecified atom stereocenters. The third kappa shape index (κ3) is 2.62. The van der Waals surface area contributed by atoms with Crippen molar-refractivity contribution in [3.63, 3.8) is 0 Å². The number of hydrogen-bond acceptors (Lipinski definition) is 4. The van der Waals surface area contributed by atoms with Gasteiger partial charge in [0.2, 0.25) is 0 Å². The van der Waals surface area contributed by atoms with Gasteiger partial charge in [0.1, 0.15) is 5.01 Å². The van der Waals surface area contributed by atoms with Crippen molar-refractivity contribution in [3.8, 4) is 0 Å². The Kier molecular flexibility index (Phi) is 3.54. The van der Waals surface area contributed by atoms with Crippen LogP contribution in [-0.4, -0.2) is 21.7 Å². The minimum atomic E-state index is 0.0788. The summed E-state index contributed by atoms with van der Waals surface area (Å²) in [6.07, 6.45) is 0. The van der Waals surface area contributed by atoms with E-state index in [1.54, 1.807) is 11.3 Å². The van der Waals surface area contributed by atoms with Gasteiger partial charge in [-0.2, -0.15) is 5.10 Å². The van der Waals surface area contributed by atoms with Crippen molar-refractivity contribution in [1.82, 2.24) is 15.2 Å². The molecule has 2 heterocycles. The summed E-state index contributed by atoms with van der Waals surface area (Å²) in [5, 5.41) is 10.4. The second kappa shape index (κ2) is 4.82. The molecule has 0 radical (unpaired) electrons. The number of nitrogens with two attached hydrogens (primary N) is 1. The quantitative estimate of drug-likeness (QED) is 0.895. The summed E-state index contributed by atoms with van der Waals surface area (Å²) >= 11 is 1.67. The number of hydrogen-bond donors (Lipinski definition) is 2. The molecule has 98 valence electrons. The molecule has 4 nitrogen and oxygen atoms in total. The molecule has 18 heavy (non-hydrogen) atoms. The fraction of sp³-hybridized carbons (Fsp3) is 0.538. The molecule has 5 heteroatoms. The Morgan fingerprint density at radius 3 is 2.61 bits per heavy atom. The summed E-state index contributed by atoms with van der Waals surface area (Å²) in [5.74, 6) is 0.0936. The fourth-order valence-electron chi connectivity index (χ4n) is 1.76. The summed E-state index contributed by atoms with van der Waals surface area (Å²) in [7, 11) is 0. The van der Waals surface area contributed by atoms with Gasteiger partial charge in [-0.1, -0.05) is 20.8 Å². The molecule has 0 saturated carbocycles. The number of aromatic amines is 1. The number of thiazole rings is 1. The van der Waals surface area contributed by atoms with Gasteiger partial charge in [-0.3, -0.25) is 5.10 Å². The first-order valence-electron chi connectivity index (χ1n) is 6.09. The molecule has 1 atom stereocenters. The summed E-state index contributed by atoms with van der Waals surface area (Å²) < 4.78 is 0. The van der Waals surface area contributed by atoms with Gasteiger partial charge < -0.3 is 5.73 Å². The number of H-pyrrole nitrogens is 1. The van der Waals surface area contributed by atoms with Gasteiger partial charge in [-0.05, 0) is 13.0 Å². The molecule has 0 aromatic carbocycles.